The van der Waals surface area contributed by atoms with Crippen LogP contribution in [-0.4, -0.2) is 55.0 Å². The van der Waals surface area contributed by atoms with Crippen LogP contribution in [0.1, 0.15) is 11.1 Å². The summed E-state index contributed by atoms with van der Waals surface area (Å²) in [5.74, 6) is 0.241. The van der Waals surface area contributed by atoms with Gasteiger partial charge in [-0.1, -0.05) is 48.0 Å². The molecule has 0 bridgehead atoms. The van der Waals surface area contributed by atoms with Crippen molar-refractivity contribution in [2.24, 2.45) is 0 Å². The Kier molecular flexibility index (Phi) is 5.14. The number of anilines is 1. The van der Waals surface area contributed by atoms with E-state index >= 15 is 0 Å². The molecule has 2 heterocycles. The number of amides is 1. The smallest absolute Gasteiger partial charge is 0.237 e. The van der Waals surface area contributed by atoms with Gasteiger partial charge >= 0.3 is 0 Å². The van der Waals surface area contributed by atoms with Gasteiger partial charge in [-0.3, -0.25) is 9.69 Å². The zero-order chi connectivity index (χ0) is 17.9. The van der Waals surface area contributed by atoms with Gasteiger partial charge in [-0.15, -0.1) is 0 Å². The molecular formula is C21H24ClN3O. The fourth-order valence-corrected chi connectivity index (χ4v) is 4.11. The van der Waals surface area contributed by atoms with Gasteiger partial charge in [-0.25, -0.2) is 0 Å². The molecule has 0 N–H and O–H groups in total. The van der Waals surface area contributed by atoms with Gasteiger partial charge in [-0.2, -0.15) is 0 Å². The van der Waals surface area contributed by atoms with Gasteiger partial charge in [0.15, 0.2) is 0 Å². The molecule has 4 rings (SSSR count). The topological polar surface area (TPSA) is 26.8 Å². The number of hydrogen-bond donors (Lipinski definition) is 0. The third kappa shape index (κ3) is 3.71. The summed E-state index contributed by atoms with van der Waals surface area (Å²) >= 11 is 6.31. The second kappa shape index (κ2) is 7.68. The van der Waals surface area contributed by atoms with E-state index in [1.807, 2.05) is 23.1 Å². The lowest BCUT2D eigenvalue weighted by molar-refractivity contribution is -0.133. The van der Waals surface area contributed by atoms with E-state index in [0.29, 0.717) is 6.54 Å². The third-order valence-corrected chi connectivity index (χ3v) is 5.73. The van der Waals surface area contributed by atoms with Crippen LogP contribution in [0.3, 0.4) is 0 Å². The molecule has 2 aromatic rings. The molecule has 0 spiro atoms. The molecule has 26 heavy (non-hydrogen) atoms. The predicted octanol–water partition coefficient (Wildman–Crippen LogP) is 3.05. The van der Waals surface area contributed by atoms with Crippen molar-refractivity contribution in [1.29, 1.82) is 0 Å². The zero-order valence-electron chi connectivity index (χ0n) is 14.9. The number of carbonyl (C=O) groups is 1. The minimum Gasteiger partial charge on any atom is -0.368 e. The molecule has 1 amide bonds. The van der Waals surface area contributed by atoms with E-state index in [0.717, 1.165) is 56.4 Å². The zero-order valence-corrected chi connectivity index (χ0v) is 15.7. The molecule has 1 fully saturated rings. The van der Waals surface area contributed by atoms with E-state index in [1.165, 1.54) is 11.1 Å². The molecule has 0 atom stereocenters. The number of nitrogens with zero attached hydrogens (tertiary/aromatic N) is 3. The van der Waals surface area contributed by atoms with E-state index in [9.17, 15) is 4.79 Å². The highest BCUT2D eigenvalue weighted by Crippen LogP contribution is 2.26. The molecule has 0 aliphatic carbocycles. The van der Waals surface area contributed by atoms with Crippen molar-refractivity contribution in [1.82, 2.24) is 9.80 Å². The maximum Gasteiger partial charge on any atom is 0.237 e. The molecule has 2 aliphatic rings. The molecule has 4 nitrogen and oxygen atoms in total. The van der Waals surface area contributed by atoms with Crippen molar-refractivity contribution in [3.63, 3.8) is 0 Å². The molecule has 0 radical (unpaired) electrons. The van der Waals surface area contributed by atoms with Crippen LogP contribution in [0, 0.1) is 0 Å². The van der Waals surface area contributed by atoms with Gasteiger partial charge in [0.25, 0.3) is 0 Å². The van der Waals surface area contributed by atoms with Crippen LogP contribution < -0.4 is 4.90 Å². The molecule has 0 saturated carbocycles. The fourth-order valence-electron chi connectivity index (χ4n) is 3.85. The van der Waals surface area contributed by atoms with Crippen LogP contribution in [-0.2, 0) is 17.8 Å². The van der Waals surface area contributed by atoms with Crippen molar-refractivity contribution < 1.29 is 4.79 Å². The van der Waals surface area contributed by atoms with Crippen LogP contribution in [0.5, 0.6) is 0 Å². The van der Waals surface area contributed by atoms with E-state index in [1.54, 1.807) is 0 Å². The van der Waals surface area contributed by atoms with Gasteiger partial charge in [0, 0.05) is 39.3 Å². The van der Waals surface area contributed by atoms with Gasteiger partial charge in [0.1, 0.15) is 0 Å². The predicted molar refractivity (Wildman–Crippen MR) is 106 cm³/mol. The highest BCUT2D eigenvalue weighted by atomic mass is 35.5. The van der Waals surface area contributed by atoms with Gasteiger partial charge in [0.2, 0.25) is 5.91 Å². The van der Waals surface area contributed by atoms with Crippen LogP contribution >= 0.6 is 11.6 Å². The monoisotopic (exact) mass is 369 g/mol. The summed E-state index contributed by atoms with van der Waals surface area (Å²) in [6, 6.07) is 16.4. The molecule has 2 aliphatic heterocycles. The van der Waals surface area contributed by atoms with E-state index in [2.05, 4.69) is 40.1 Å². The molecule has 0 unspecified atom stereocenters. The van der Waals surface area contributed by atoms with E-state index < -0.39 is 0 Å². The van der Waals surface area contributed by atoms with Crippen molar-refractivity contribution in [3.8, 4) is 0 Å². The molecule has 2 aromatic carbocycles. The quantitative estimate of drug-likeness (QED) is 0.832. The Morgan fingerprint density at radius 1 is 0.885 bits per heavy atom. The van der Waals surface area contributed by atoms with Crippen molar-refractivity contribution in [2.45, 2.75) is 13.0 Å². The Morgan fingerprint density at radius 2 is 1.58 bits per heavy atom. The molecule has 0 aromatic heterocycles. The van der Waals surface area contributed by atoms with Gasteiger partial charge in [-0.05, 0) is 29.7 Å². The SMILES string of the molecule is O=C(CN1CCN(c2ccccc2Cl)CC1)N1CCc2ccccc2C1. The van der Waals surface area contributed by atoms with Crippen LogP contribution in [0.15, 0.2) is 48.5 Å². The summed E-state index contributed by atoms with van der Waals surface area (Å²) in [5.41, 5.74) is 3.76. The Morgan fingerprint density at radius 3 is 2.35 bits per heavy atom. The lowest BCUT2D eigenvalue weighted by Crippen LogP contribution is -2.50. The molecule has 136 valence electrons. The summed E-state index contributed by atoms with van der Waals surface area (Å²) in [7, 11) is 0. The number of piperazine rings is 1. The van der Waals surface area contributed by atoms with Crippen LogP contribution in [0.25, 0.3) is 0 Å². The number of rotatable bonds is 3. The van der Waals surface area contributed by atoms with Crippen molar-refractivity contribution >= 4 is 23.2 Å². The first-order valence-corrected chi connectivity index (χ1v) is 9.65. The highest BCUT2D eigenvalue weighted by Gasteiger charge is 2.24. The number of fused-ring (bicyclic) bond motifs is 1. The summed E-state index contributed by atoms with van der Waals surface area (Å²) < 4.78 is 0. The number of hydrogen-bond acceptors (Lipinski definition) is 3. The molecular weight excluding hydrogens is 346 g/mol. The maximum atomic E-state index is 12.7. The average Bonchev–Trinajstić information content (AvgIpc) is 2.69. The fraction of sp³-hybridized carbons (Fsp3) is 0.381. The van der Waals surface area contributed by atoms with E-state index in [-0.39, 0.29) is 5.91 Å². The van der Waals surface area contributed by atoms with Crippen molar-refractivity contribution in [2.75, 3.05) is 44.2 Å². The molecule has 5 heteroatoms. The van der Waals surface area contributed by atoms with Crippen LogP contribution in [0.4, 0.5) is 5.69 Å². The summed E-state index contributed by atoms with van der Waals surface area (Å²) in [6.45, 7) is 5.67. The Hall–Kier alpha value is -2.04. The maximum absolute atomic E-state index is 12.7. The first-order valence-electron chi connectivity index (χ1n) is 9.27. The minimum absolute atomic E-state index is 0.241. The standard InChI is InChI=1S/C21H24ClN3O/c22-19-7-3-4-8-20(19)24-13-11-23(12-14-24)16-21(26)25-10-9-17-5-1-2-6-18(17)15-25/h1-8H,9-16H2. The normalized spacial score (nSPS) is 17.9. The highest BCUT2D eigenvalue weighted by molar-refractivity contribution is 6.33. The Balaban J connectivity index is 1.31. The summed E-state index contributed by atoms with van der Waals surface area (Å²) in [4.78, 5) is 19.3. The first kappa shape index (κ1) is 17.4. The molecule has 1 saturated heterocycles. The lowest BCUT2D eigenvalue weighted by atomic mass is 10.00. The second-order valence-corrected chi connectivity index (χ2v) is 7.46. The summed E-state index contributed by atoms with van der Waals surface area (Å²) in [6.07, 6.45) is 0.961. The van der Waals surface area contributed by atoms with E-state index in [4.69, 9.17) is 11.6 Å². The number of para-hydroxylation sites is 1. The Labute approximate surface area is 160 Å². The Bertz CT molecular complexity index is 786. The number of carbonyl (C=O) groups excluding carboxylic acids is 1. The van der Waals surface area contributed by atoms with Crippen LogP contribution in [0.2, 0.25) is 5.02 Å². The second-order valence-electron chi connectivity index (χ2n) is 7.05. The van der Waals surface area contributed by atoms with Gasteiger partial charge in [0.05, 0.1) is 17.3 Å². The van der Waals surface area contributed by atoms with Gasteiger partial charge < -0.3 is 9.80 Å². The summed E-state index contributed by atoms with van der Waals surface area (Å²) in [5, 5.41) is 0.795. The third-order valence-electron chi connectivity index (χ3n) is 5.41. The number of benzene rings is 2. The van der Waals surface area contributed by atoms with Crippen molar-refractivity contribution in [3.05, 3.63) is 64.7 Å². The largest absolute Gasteiger partial charge is 0.368 e. The average molecular weight is 370 g/mol. The lowest BCUT2D eigenvalue weighted by Gasteiger charge is -2.37. The first-order chi connectivity index (χ1) is 12.7. The number of halogens is 1. The minimum atomic E-state index is 0.241.